The van der Waals surface area contributed by atoms with Crippen molar-refractivity contribution >= 4 is 16.9 Å². The van der Waals surface area contributed by atoms with Gasteiger partial charge in [0.15, 0.2) is 11.2 Å². The standard InChI is InChI=1S/C18H19N5O2/c1-11-10-22-14-15(20(3)18(25)21(4)16(14)24)19-17(22)23(11)12(2)13-8-6-5-7-9-13/h5-10,12H,1-4H3/t12-/m0/s1. The van der Waals surface area contributed by atoms with Gasteiger partial charge in [0.25, 0.3) is 5.56 Å². The van der Waals surface area contributed by atoms with Crippen LogP contribution in [-0.4, -0.2) is 23.1 Å². The molecular formula is C18H19N5O2. The monoisotopic (exact) mass is 337 g/mol. The molecule has 0 aliphatic carbocycles. The van der Waals surface area contributed by atoms with Crippen molar-refractivity contribution in [2.45, 2.75) is 19.9 Å². The van der Waals surface area contributed by atoms with Crippen molar-refractivity contribution in [3.63, 3.8) is 0 Å². The van der Waals surface area contributed by atoms with E-state index in [0.29, 0.717) is 16.9 Å². The summed E-state index contributed by atoms with van der Waals surface area (Å²) in [5, 5.41) is 0. The zero-order valence-electron chi connectivity index (χ0n) is 14.6. The van der Waals surface area contributed by atoms with Crippen molar-refractivity contribution in [2.24, 2.45) is 14.1 Å². The van der Waals surface area contributed by atoms with Crippen molar-refractivity contribution < 1.29 is 0 Å². The van der Waals surface area contributed by atoms with Crippen molar-refractivity contribution in [3.05, 3.63) is 68.6 Å². The molecule has 0 radical (unpaired) electrons. The quantitative estimate of drug-likeness (QED) is 0.558. The molecule has 4 aromatic rings. The Morgan fingerprint density at radius 1 is 1.04 bits per heavy atom. The van der Waals surface area contributed by atoms with Crippen LogP contribution in [-0.2, 0) is 14.1 Å². The highest BCUT2D eigenvalue weighted by Gasteiger charge is 2.21. The number of benzene rings is 1. The van der Waals surface area contributed by atoms with Crippen LogP contribution >= 0.6 is 0 Å². The smallest absolute Gasteiger partial charge is 0.307 e. The number of aryl methyl sites for hydroxylation is 2. The number of imidazole rings is 2. The topological polar surface area (TPSA) is 66.2 Å². The van der Waals surface area contributed by atoms with E-state index in [1.807, 2.05) is 31.3 Å². The number of nitrogens with zero attached hydrogens (tertiary/aromatic N) is 5. The zero-order valence-corrected chi connectivity index (χ0v) is 14.6. The molecule has 4 rings (SSSR count). The lowest BCUT2D eigenvalue weighted by Crippen LogP contribution is -2.37. The molecule has 7 heteroatoms. The third-order valence-corrected chi connectivity index (χ3v) is 4.85. The maximum absolute atomic E-state index is 12.6. The van der Waals surface area contributed by atoms with Gasteiger partial charge in [0.1, 0.15) is 0 Å². The molecule has 1 atom stereocenters. The predicted octanol–water partition coefficient (Wildman–Crippen LogP) is 1.60. The molecular weight excluding hydrogens is 318 g/mol. The fraction of sp³-hybridized carbons (Fsp3) is 0.278. The molecule has 0 fully saturated rings. The van der Waals surface area contributed by atoms with Gasteiger partial charge in [-0.05, 0) is 19.4 Å². The Bertz CT molecular complexity index is 1220. The van der Waals surface area contributed by atoms with Crippen molar-refractivity contribution in [3.8, 4) is 0 Å². The summed E-state index contributed by atoms with van der Waals surface area (Å²) in [4.78, 5) is 29.4. The maximum atomic E-state index is 12.6. The van der Waals surface area contributed by atoms with Gasteiger partial charge >= 0.3 is 5.69 Å². The first-order valence-corrected chi connectivity index (χ1v) is 8.12. The Labute approximate surface area is 143 Å². The summed E-state index contributed by atoms with van der Waals surface area (Å²) in [6.45, 7) is 4.09. The Balaban J connectivity index is 2.10. The lowest BCUT2D eigenvalue weighted by Gasteiger charge is -2.16. The highest BCUT2D eigenvalue weighted by atomic mass is 16.2. The van der Waals surface area contributed by atoms with Crippen LogP contribution in [0.2, 0.25) is 0 Å². The highest BCUT2D eigenvalue weighted by molar-refractivity contribution is 5.75. The van der Waals surface area contributed by atoms with Crippen LogP contribution in [0.5, 0.6) is 0 Å². The molecule has 128 valence electrons. The lowest BCUT2D eigenvalue weighted by molar-refractivity contribution is 0.639. The first kappa shape index (κ1) is 15.4. The van der Waals surface area contributed by atoms with Gasteiger partial charge in [0.2, 0.25) is 5.78 Å². The molecule has 0 bridgehead atoms. The molecule has 0 saturated heterocycles. The summed E-state index contributed by atoms with van der Waals surface area (Å²) in [7, 11) is 3.12. The molecule has 0 N–H and O–H groups in total. The molecule has 0 saturated carbocycles. The molecule has 0 aliphatic heterocycles. The molecule has 25 heavy (non-hydrogen) atoms. The average Bonchev–Trinajstić information content (AvgIpc) is 3.13. The largest absolute Gasteiger partial charge is 0.332 e. The number of rotatable bonds is 2. The van der Waals surface area contributed by atoms with E-state index in [1.165, 1.54) is 11.6 Å². The molecule has 0 aliphatic rings. The van der Waals surface area contributed by atoms with E-state index in [2.05, 4.69) is 28.6 Å². The molecule has 1 aromatic carbocycles. The van der Waals surface area contributed by atoms with Crippen molar-refractivity contribution in [1.29, 1.82) is 0 Å². The van der Waals surface area contributed by atoms with Gasteiger partial charge in [-0.2, -0.15) is 4.98 Å². The van der Waals surface area contributed by atoms with Gasteiger partial charge in [0.05, 0.1) is 6.04 Å². The average molecular weight is 337 g/mol. The van der Waals surface area contributed by atoms with Crippen LogP contribution in [0.25, 0.3) is 16.9 Å². The van der Waals surface area contributed by atoms with E-state index >= 15 is 0 Å². The van der Waals surface area contributed by atoms with Gasteiger partial charge in [-0.15, -0.1) is 0 Å². The van der Waals surface area contributed by atoms with Crippen LogP contribution in [0.3, 0.4) is 0 Å². The van der Waals surface area contributed by atoms with Gasteiger partial charge in [-0.3, -0.25) is 18.3 Å². The van der Waals surface area contributed by atoms with E-state index < -0.39 is 0 Å². The predicted molar refractivity (Wildman–Crippen MR) is 96.2 cm³/mol. The van der Waals surface area contributed by atoms with E-state index in [4.69, 9.17) is 0 Å². The Hall–Kier alpha value is -3.09. The molecule has 0 spiro atoms. The van der Waals surface area contributed by atoms with Crippen LogP contribution in [0.4, 0.5) is 0 Å². The minimum absolute atomic E-state index is 0.0522. The fourth-order valence-electron chi connectivity index (χ4n) is 3.46. The second kappa shape index (κ2) is 5.20. The minimum atomic E-state index is -0.377. The van der Waals surface area contributed by atoms with Gasteiger partial charge < -0.3 is 4.57 Å². The summed E-state index contributed by atoms with van der Waals surface area (Å²) < 4.78 is 6.39. The summed E-state index contributed by atoms with van der Waals surface area (Å²) in [6.07, 6.45) is 1.90. The first-order chi connectivity index (χ1) is 11.9. The van der Waals surface area contributed by atoms with Crippen LogP contribution < -0.4 is 11.2 Å². The second-order valence-corrected chi connectivity index (χ2v) is 6.39. The third-order valence-electron chi connectivity index (χ3n) is 4.85. The summed E-state index contributed by atoms with van der Waals surface area (Å²) in [5.74, 6) is 0.655. The van der Waals surface area contributed by atoms with Crippen LogP contribution in [0, 0.1) is 6.92 Å². The molecule has 3 heterocycles. The summed E-state index contributed by atoms with van der Waals surface area (Å²) in [6, 6.07) is 10.2. The molecule has 0 unspecified atom stereocenters. The maximum Gasteiger partial charge on any atom is 0.332 e. The highest BCUT2D eigenvalue weighted by Crippen LogP contribution is 2.25. The fourth-order valence-corrected chi connectivity index (χ4v) is 3.46. The van der Waals surface area contributed by atoms with E-state index in [-0.39, 0.29) is 17.3 Å². The Morgan fingerprint density at radius 3 is 2.40 bits per heavy atom. The first-order valence-electron chi connectivity index (χ1n) is 8.12. The normalized spacial score (nSPS) is 13.0. The number of fused-ring (bicyclic) bond motifs is 3. The molecule has 7 nitrogen and oxygen atoms in total. The van der Waals surface area contributed by atoms with E-state index in [9.17, 15) is 9.59 Å². The summed E-state index contributed by atoms with van der Waals surface area (Å²) >= 11 is 0. The van der Waals surface area contributed by atoms with E-state index in [0.717, 1.165) is 15.8 Å². The third kappa shape index (κ3) is 2.02. The van der Waals surface area contributed by atoms with E-state index in [1.54, 1.807) is 11.4 Å². The SMILES string of the molecule is Cc1cn2c3c(=O)n(C)c(=O)n(C)c3nc2n1[C@@H](C)c1ccccc1. The lowest BCUT2D eigenvalue weighted by atomic mass is 10.1. The molecule has 0 amide bonds. The summed E-state index contributed by atoms with van der Waals surface area (Å²) in [5.41, 5.74) is 2.25. The Morgan fingerprint density at radius 2 is 1.72 bits per heavy atom. The van der Waals surface area contributed by atoms with Crippen LogP contribution in [0.1, 0.15) is 24.2 Å². The number of hydrogen-bond acceptors (Lipinski definition) is 3. The van der Waals surface area contributed by atoms with Crippen molar-refractivity contribution in [1.82, 2.24) is 23.1 Å². The second-order valence-electron chi connectivity index (χ2n) is 6.39. The van der Waals surface area contributed by atoms with Gasteiger partial charge in [-0.1, -0.05) is 30.3 Å². The number of hydrogen-bond donors (Lipinski definition) is 0. The van der Waals surface area contributed by atoms with Crippen LogP contribution in [0.15, 0.2) is 46.1 Å². The Kier molecular flexibility index (Phi) is 3.21. The van der Waals surface area contributed by atoms with Gasteiger partial charge in [-0.25, -0.2) is 4.79 Å². The van der Waals surface area contributed by atoms with Gasteiger partial charge in [0, 0.05) is 26.0 Å². The molecule has 3 aromatic heterocycles. The zero-order chi connectivity index (χ0) is 17.9. The minimum Gasteiger partial charge on any atom is -0.307 e. The van der Waals surface area contributed by atoms with Crippen molar-refractivity contribution in [2.75, 3.05) is 0 Å². The number of aromatic nitrogens is 5.